The first-order valence-corrected chi connectivity index (χ1v) is 7.13. The zero-order valence-electron chi connectivity index (χ0n) is 11.4. The molecule has 0 aliphatic heterocycles. The average molecular weight is 260 g/mol. The molecule has 0 radical (unpaired) electrons. The van der Waals surface area contributed by atoms with Gasteiger partial charge in [0, 0.05) is 12.7 Å². The highest BCUT2D eigenvalue weighted by Gasteiger charge is 2.13. The maximum Gasteiger partial charge on any atom is 0.183 e. The molecular weight excluding hydrogens is 240 g/mol. The van der Waals surface area contributed by atoms with Crippen LogP contribution in [0.15, 0.2) is 30.5 Å². The summed E-state index contributed by atoms with van der Waals surface area (Å²) in [5.74, 6) is 0. The molecule has 0 aliphatic rings. The molecule has 2 rings (SSSR count). The van der Waals surface area contributed by atoms with Crippen LogP contribution in [0.4, 0.5) is 5.13 Å². The fourth-order valence-electron chi connectivity index (χ4n) is 1.78. The van der Waals surface area contributed by atoms with E-state index in [-0.39, 0.29) is 5.41 Å². The van der Waals surface area contributed by atoms with E-state index in [4.69, 9.17) is 0 Å². The summed E-state index contributed by atoms with van der Waals surface area (Å²) in [6.07, 6.45) is 1.94. The Morgan fingerprint density at radius 3 is 2.39 bits per heavy atom. The smallest absolute Gasteiger partial charge is 0.183 e. The molecule has 0 fully saturated rings. The van der Waals surface area contributed by atoms with E-state index in [1.807, 2.05) is 6.20 Å². The quantitative estimate of drug-likeness (QED) is 0.876. The predicted octanol–water partition coefficient (Wildman–Crippen LogP) is 4.54. The molecule has 0 aliphatic carbocycles. The van der Waals surface area contributed by atoms with Crippen molar-refractivity contribution in [3.05, 3.63) is 36.0 Å². The Morgan fingerprint density at radius 1 is 1.17 bits per heavy atom. The molecule has 18 heavy (non-hydrogen) atoms. The molecular formula is C15H20N2S. The van der Waals surface area contributed by atoms with Gasteiger partial charge in [-0.2, -0.15) is 0 Å². The molecule has 1 aromatic heterocycles. The van der Waals surface area contributed by atoms with Crippen molar-refractivity contribution >= 4 is 16.5 Å². The van der Waals surface area contributed by atoms with Crippen LogP contribution >= 0.6 is 11.3 Å². The van der Waals surface area contributed by atoms with E-state index in [9.17, 15) is 0 Å². The van der Waals surface area contributed by atoms with Crippen molar-refractivity contribution in [1.82, 2.24) is 4.98 Å². The molecule has 0 spiro atoms. The van der Waals surface area contributed by atoms with Gasteiger partial charge in [-0.05, 0) is 23.5 Å². The van der Waals surface area contributed by atoms with Crippen LogP contribution in [0, 0.1) is 0 Å². The topological polar surface area (TPSA) is 24.9 Å². The predicted molar refractivity (Wildman–Crippen MR) is 80.4 cm³/mol. The number of thiazole rings is 1. The number of nitrogens with zero attached hydrogens (tertiary/aromatic N) is 1. The summed E-state index contributed by atoms with van der Waals surface area (Å²) in [5.41, 5.74) is 2.81. The van der Waals surface area contributed by atoms with Crippen molar-refractivity contribution in [2.75, 3.05) is 11.9 Å². The van der Waals surface area contributed by atoms with Crippen molar-refractivity contribution < 1.29 is 0 Å². The fourth-order valence-corrected chi connectivity index (χ4v) is 2.66. The Balaban J connectivity index is 2.23. The third-order valence-corrected chi connectivity index (χ3v) is 3.87. The highest BCUT2D eigenvalue weighted by Crippen LogP contribution is 2.30. The number of aromatic nitrogens is 1. The van der Waals surface area contributed by atoms with Gasteiger partial charge in [-0.3, -0.25) is 0 Å². The van der Waals surface area contributed by atoms with E-state index in [1.54, 1.807) is 11.3 Å². The second-order valence-corrected chi connectivity index (χ2v) is 6.42. The van der Waals surface area contributed by atoms with Gasteiger partial charge in [0.1, 0.15) is 0 Å². The molecule has 0 saturated carbocycles. The van der Waals surface area contributed by atoms with Gasteiger partial charge in [0.2, 0.25) is 0 Å². The van der Waals surface area contributed by atoms with Crippen molar-refractivity contribution in [2.45, 2.75) is 33.1 Å². The van der Waals surface area contributed by atoms with Crippen molar-refractivity contribution in [3.8, 4) is 10.4 Å². The van der Waals surface area contributed by atoms with Gasteiger partial charge < -0.3 is 5.32 Å². The zero-order valence-corrected chi connectivity index (χ0v) is 12.3. The summed E-state index contributed by atoms with van der Waals surface area (Å²) in [6, 6.07) is 8.79. The Bertz CT molecular complexity index is 506. The molecule has 2 nitrogen and oxygen atoms in total. The van der Waals surface area contributed by atoms with Gasteiger partial charge in [-0.1, -0.05) is 56.4 Å². The molecule has 96 valence electrons. The number of rotatable bonds is 3. The Labute approximate surface area is 113 Å². The summed E-state index contributed by atoms with van der Waals surface area (Å²) in [5, 5.41) is 4.23. The molecule has 2 aromatic rings. The second-order valence-electron chi connectivity index (χ2n) is 5.39. The van der Waals surface area contributed by atoms with Gasteiger partial charge in [-0.15, -0.1) is 0 Å². The lowest BCUT2D eigenvalue weighted by Gasteiger charge is -2.18. The van der Waals surface area contributed by atoms with Crippen molar-refractivity contribution in [3.63, 3.8) is 0 Å². The molecule has 0 saturated heterocycles. The first-order chi connectivity index (χ1) is 8.50. The van der Waals surface area contributed by atoms with Crippen LogP contribution in [0.5, 0.6) is 0 Å². The summed E-state index contributed by atoms with van der Waals surface area (Å²) < 4.78 is 0. The Morgan fingerprint density at radius 2 is 1.83 bits per heavy atom. The van der Waals surface area contributed by atoms with Crippen molar-refractivity contribution in [2.24, 2.45) is 0 Å². The first kappa shape index (κ1) is 13.1. The van der Waals surface area contributed by atoms with Gasteiger partial charge >= 0.3 is 0 Å². The van der Waals surface area contributed by atoms with E-state index in [2.05, 4.69) is 62.3 Å². The summed E-state index contributed by atoms with van der Waals surface area (Å²) >= 11 is 1.70. The minimum atomic E-state index is 0.209. The molecule has 0 amide bonds. The zero-order chi connectivity index (χ0) is 13.2. The second kappa shape index (κ2) is 5.11. The largest absolute Gasteiger partial charge is 0.362 e. The number of anilines is 1. The number of hydrogen-bond donors (Lipinski definition) is 1. The lowest BCUT2D eigenvalue weighted by atomic mass is 9.87. The van der Waals surface area contributed by atoms with Crippen LogP contribution in [-0.4, -0.2) is 11.5 Å². The normalized spacial score (nSPS) is 11.6. The van der Waals surface area contributed by atoms with E-state index in [0.717, 1.165) is 11.7 Å². The van der Waals surface area contributed by atoms with E-state index >= 15 is 0 Å². The first-order valence-electron chi connectivity index (χ1n) is 6.31. The summed E-state index contributed by atoms with van der Waals surface area (Å²) in [6.45, 7) is 9.70. The van der Waals surface area contributed by atoms with Crippen LogP contribution in [0.1, 0.15) is 33.3 Å². The summed E-state index contributed by atoms with van der Waals surface area (Å²) in [4.78, 5) is 5.58. The van der Waals surface area contributed by atoms with E-state index < -0.39 is 0 Å². The molecule has 3 heteroatoms. The number of hydrogen-bond acceptors (Lipinski definition) is 3. The maximum absolute atomic E-state index is 4.36. The average Bonchev–Trinajstić information content (AvgIpc) is 2.77. The third kappa shape index (κ3) is 2.91. The van der Waals surface area contributed by atoms with Gasteiger partial charge in [0.15, 0.2) is 5.13 Å². The third-order valence-electron chi connectivity index (χ3n) is 2.87. The van der Waals surface area contributed by atoms with E-state index in [1.165, 1.54) is 16.0 Å². The number of benzene rings is 1. The molecule has 0 bridgehead atoms. The SMILES string of the molecule is CCNc1ncc(-c2ccc(C(C)(C)C)cc2)s1. The van der Waals surface area contributed by atoms with Crippen molar-refractivity contribution in [1.29, 1.82) is 0 Å². The van der Waals surface area contributed by atoms with Crippen LogP contribution in [0.2, 0.25) is 0 Å². The lowest BCUT2D eigenvalue weighted by molar-refractivity contribution is 0.590. The van der Waals surface area contributed by atoms with Gasteiger partial charge in [-0.25, -0.2) is 4.98 Å². The van der Waals surface area contributed by atoms with Crippen LogP contribution < -0.4 is 5.32 Å². The standard InChI is InChI=1S/C15H20N2S/c1-5-16-14-17-10-13(18-14)11-6-8-12(9-7-11)15(2,3)4/h6-10H,5H2,1-4H3,(H,16,17). The molecule has 1 heterocycles. The summed E-state index contributed by atoms with van der Waals surface area (Å²) in [7, 11) is 0. The van der Waals surface area contributed by atoms with Crippen LogP contribution in [-0.2, 0) is 5.41 Å². The molecule has 1 aromatic carbocycles. The fraction of sp³-hybridized carbons (Fsp3) is 0.400. The van der Waals surface area contributed by atoms with Gasteiger partial charge in [0.25, 0.3) is 0 Å². The van der Waals surface area contributed by atoms with E-state index in [0.29, 0.717) is 0 Å². The monoisotopic (exact) mass is 260 g/mol. The molecule has 1 N–H and O–H groups in total. The molecule has 0 atom stereocenters. The van der Waals surface area contributed by atoms with Crippen LogP contribution in [0.3, 0.4) is 0 Å². The minimum absolute atomic E-state index is 0.209. The Kier molecular flexibility index (Phi) is 3.71. The number of nitrogens with one attached hydrogen (secondary N) is 1. The highest BCUT2D eigenvalue weighted by molar-refractivity contribution is 7.18. The maximum atomic E-state index is 4.36. The van der Waals surface area contributed by atoms with Crippen LogP contribution in [0.25, 0.3) is 10.4 Å². The minimum Gasteiger partial charge on any atom is -0.362 e. The van der Waals surface area contributed by atoms with Gasteiger partial charge in [0.05, 0.1) is 4.88 Å². The molecule has 0 unspecified atom stereocenters. The highest BCUT2D eigenvalue weighted by atomic mass is 32.1. The Hall–Kier alpha value is -1.35. The lowest BCUT2D eigenvalue weighted by Crippen LogP contribution is -2.10.